The topological polar surface area (TPSA) is 98.8 Å². The van der Waals surface area contributed by atoms with Crippen LogP contribution in [0.3, 0.4) is 0 Å². The van der Waals surface area contributed by atoms with Crippen LogP contribution in [0.4, 0.5) is 5.69 Å². The van der Waals surface area contributed by atoms with Crippen molar-refractivity contribution in [2.75, 3.05) is 24.8 Å². The third-order valence-electron chi connectivity index (χ3n) is 3.83. The smallest absolute Gasteiger partial charge is 0.344 e. The fourth-order valence-corrected chi connectivity index (χ4v) is 3.13. The van der Waals surface area contributed by atoms with Gasteiger partial charge in [0, 0.05) is 6.26 Å². The van der Waals surface area contributed by atoms with E-state index in [-0.39, 0.29) is 17.2 Å². The van der Waals surface area contributed by atoms with E-state index in [1.165, 1.54) is 12.1 Å². The molecule has 0 bridgehead atoms. The Labute approximate surface area is 158 Å². The molecule has 0 aliphatic rings. The van der Waals surface area contributed by atoms with Gasteiger partial charge in [-0.25, -0.2) is 13.2 Å². The van der Waals surface area contributed by atoms with Crippen molar-refractivity contribution in [3.8, 4) is 5.75 Å². The number of hydrogen-bond donors (Lipinski definition) is 1. The molecule has 7 nitrogen and oxygen atoms in total. The predicted octanol–water partition coefficient (Wildman–Crippen LogP) is 2.27. The third-order valence-corrected chi connectivity index (χ3v) is 4.98. The maximum absolute atomic E-state index is 11.9. The summed E-state index contributed by atoms with van der Waals surface area (Å²) in [7, 11) is -3.50. The van der Waals surface area contributed by atoms with Crippen molar-refractivity contribution in [3.05, 3.63) is 53.6 Å². The van der Waals surface area contributed by atoms with Crippen molar-refractivity contribution in [1.29, 1.82) is 0 Å². The molecule has 0 atom stereocenters. The van der Waals surface area contributed by atoms with Gasteiger partial charge >= 0.3 is 5.97 Å². The number of amides is 1. The molecule has 8 heteroatoms. The van der Waals surface area contributed by atoms with Crippen LogP contribution in [0.2, 0.25) is 0 Å². The van der Waals surface area contributed by atoms with Crippen LogP contribution in [0.5, 0.6) is 5.75 Å². The van der Waals surface area contributed by atoms with Gasteiger partial charge in [0.15, 0.2) is 23.1 Å². The molecule has 0 aliphatic heterocycles. The van der Waals surface area contributed by atoms with Crippen molar-refractivity contribution in [2.45, 2.75) is 18.7 Å². The molecule has 0 unspecified atom stereocenters. The van der Waals surface area contributed by atoms with Gasteiger partial charge in [-0.2, -0.15) is 0 Å². The molecule has 27 heavy (non-hydrogen) atoms. The molecule has 2 rings (SSSR count). The van der Waals surface area contributed by atoms with E-state index < -0.39 is 28.3 Å². The lowest BCUT2D eigenvalue weighted by Crippen LogP contribution is -2.24. The van der Waals surface area contributed by atoms with Crippen LogP contribution in [0.25, 0.3) is 0 Å². The summed E-state index contributed by atoms with van der Waals surface area (Å²) < 4.78 is 33.7. The van der Waals surface area contributed by atoms with E-state index in [9.17, 15) is 18.0 Å². The van der Waals surface area contributed by atoms with Crippen LogP contribution < -0.4 is 10.1 Å². The molecule has 0 saturated carbocycles. The van der Waals surface area contributed by atoms with Crippen LogP contribution in [0.1, 0.15) is 11.1 Å². The Morgan fingerprint density at radius 1 is 1.00 bits per heavy atom. The van der Waals surface area contributed by atoms with Crippen LogP contribution >= 0.6 is 0 Å². The van der Waals surface area contributed by atoms with Gasteiger partial charge < -0.3 is 14.8 Å². The summed E-state index contributed by atoms with van der Waals surface area (Å²) in [4.78, 5) is 23.7. The molecule has 0 aliphatic carbocycles. The normalized spacial score (nSPS) is 10.9. The number of nitrogens with one attached hydrogen (secondary N) is 1. The second-order valence-corrected chi connectivity index (χ2v) is 7.95. The number of benzene rings is 2. The van der Waals surface area contributed by atoms with E-state index in [1.54, 1.807) is 18.2 Å². The number of carbonyl (C=O) groups excluding carboxylic acids is 2. The molecule has 0 saturated heterocycles. The van der Waals surface area contributed by atoms with Crippen molar-refractivity contribution >= 4 is 27.4 Å². The van der Waals surface area contributed by atoms with E-state index >= 15 is 0 Å². The Kier molecular flexibility index (Phi) is 6.57. The summed E-state index contributed by atoms with van der Waals surface area (Å²) in [5.41, 5.74) is 2.08. The summed E-state index contributed by atoms with van der Waals surface area (Å²) in [6.07, 6.45) is 1.04. The first kappa shape index (κ1) is 20.4. The number of esters is 1. The lowest BCUT2D eigenvalue weighted by atomic mass is 10.1. The lowest BCUT2D eigenvalue weighted by Gasteiger charge is -2.11. The van der Waals surface area contributed by atoms with Crippen molar-refractivity contribution in [2.24, 2.45) is 0 Å². The van der Waals surface area contributed by atoms with Gasteiger partial charge in [-0.1, -0.05) is 24.3 Å². The zero-order chi connectivity index (χ0) is 20.0. The minimum atomic E-state index is -3.50. The van der Waals surface area contributed by atoms with E-state index in [2.05, 4.69) is 5.32 Å². The van der Waals surface area contributed by atoms with Crippen LogP contribution in [0, 0.1) is 13.8 Å². The maximum atomic E-state index is 11.9. The van der Waals surface area contributed by atoms with Gasteiger partial charge in [-0.3, -0.25) is 4.79 Å². The highest BCUT2D eigenvalue weighted by atomic mass is 32.2. The molecular weight excluding hydrogens is 370 g/mol. The van der Waals surface area contributed by atoms with Gasteiger partial charge in [-0.05, 0) is 43.2 Å². The lowest BCUT2D eigenvalue weighted by molar-refractivity contribution is -0.149. The van der Waals surface area contributed by atoms with Gasteiger partial charge in [-0.15, -0.1) is 0 Å². The van der Waals surface area contributed by atoms with Gasteiger partial charge in [0.1, 0.15) is 5.75 Å². The summed E-state index contributed by atoms with van der Waals surface area (Å²) in [5.74, 6) is -0.785. The summed E-state index contributed by atoms with van der Waals surface area (Å²) in [5, 5.41) is 2.43. The molecule has 0 fully saturated rings. The first-order valence-corrected chi connectivity index (χ1v) is 10.0. The molecule has 0 radical (unpaired) electrons. The van der Waals surface area contributed by atoms with E-state index in [4.69, 9.17) is 9.47 Å². The third kappa shape index (κ3) is 5.82. The first-order valence-electron chi connectivity index (χ1n) is 8.12. The molecular formula is C19H21NO6S. The quantitative estimate of drug-likeness (QED) is 0.727. The maximum Gasteiger partial charge on any atom is 0.344 e. The summed E-state index contributed by atoms with van der Waals surface area (Å²) >= 11 is 0. The minimum absolute atomic E-state index is 0.0112. The largest absolute Gasteiger partial charge is 0.482 e. The molecule has 2 aromatic carbocycles. The Morgan fingerprint density at radius 3 is 2.41 bits per heavy atom. The number of carbonyl (C=O) groups is 2. The number of para-hydroxylation sites is 1. The van der Waals surface area contributed by atoms with E-state index in [0.717, 1.165) is 17.4 Å². The Bertz CT molecular complexity index is 952. The molecule has 0 aromatic heterocycles. The predicted molar refractivity (Wildman–Crippen MR) is 101 cm³/mol. The minimum Gasteiger partial charge on any atom is -0.482 e. The van der Waals surface area contributed by atoms with Crippen molar-refractivity contribution < 1.29 is 27.5 Å². The second kappa shape index (κ2) is 8.68. The van der Waals surface area contributed by atoms with Crippen molar-refractivity contribution in [3.63, 3.8) is 0 Å². The molecule has 0 heterocycles. The molecule has 0 spiro atoms. The van der Waals surface area contributed by atoms with Crippen LogP contribution in [0.15, 0.2) is 47.4 Å². The first-order chi connectivity index (χ1) is 12.7. The average molecular weight is 391 g/mol. The zero-order valence-corrected chi connectivity index (χ0v) is 16.1. The molecule has 144 valence electrons. The van der Waals surface area contributed by atoms with Gasteiger partial charge in [0.2, 0.25) is 0 Å². The molecule has 1 amide bonds. The Morgan fingerprint density at radius 2 is 1.70 bits per heavy atom. The SMILES string of the molecule is Cc1cccc(OCC(=O)OCC(=O)Nc2ccccc2S(C)(=O)=O)c1C. The van der Waals surface area contributed by atoms with Crippen LogP contribution in [-0.2, 0) is 24.2 Å². The fourth-order valence-electron chi connectivity index (χ4n) is 2.28. The Hall–Kier alpha value is -2.87. The standard InChI is InChI=1S/C19H21NO6S/c1-13-7-6-9-16(14(13)2)25-12-19(22)26-11-18(21)20-15-8-4-5-10-17(15)27(3,23)24/h4-10H,11-12H2,1-3H3,(H,20,21). The molecule has 1 N–H and O–H groups in total. The van der Waals surface area contributed by atoms with Crippen molar-refractivity contribution in [1.82, 2.24) is 0 Å². The fraction of sp³-hybridized carbons (Fsp3) is 0.263. The number of ether oxygens (including phenoxy) is 2. The number of hydrogen-bond acceptors (Lipinski definition) is 6. The van der Waals surface area contributed by atoms with E-state index in [0.29, 0.717) is 5.75 Å². The van der Waals surface area contributed by atoms with E-state index in [1.807, 2.05) is 26.0 Å². The van der Waals surface area contributed by atoms with Gasteiger partial charge in [0.25, 0.3) is 5.91 Å². The highest BCUT2D eigenvalue weighted by Crippen LogP contribution is 2.21. The summed E-state index contributed by atoms with van der Waals surface area (Å²) in [6, 6.07) is 11.5. The zero-order valence-electron chi connectivity index (χ0n) is 15.3. The number of aryl methyl sites for hydroxylation is 1. The summed E-state index contributed by atoms with van der Waals surface area (Å²) in [6.45, 7) is 2.92. The molecule has 2 aromatic rings. The number of rotatable bonds is 7. The van der Waals surface area contributed by atoms with Crippen LogP contribution in [-0.4, -0.2) is 39.8 Å². The monoisotopic (exact) mass is 391 g/mol. The number of anilines is 1. The highest BCUT2D eigenvalue weighted by molar-refractivity contribution is 7.90. The van der Waals surface area contributed by atoms with Gasteiger partial charge in [0.05, 0.1) is 10.6 Å². The second-order valence-electron chi connectivity index (χ2n) is 5.96. The number of sulfone groups is 1. The average Bonchev–Trinajstić information content (AvgIpc) is 2.61. The Balaban J connectivity index is 1.87. The highest BCUT2D eigenvalue weighted by Gasteiger charge is 2.15.